The standard InChI is InChI=1S/C10H10F2O2/c11-10(12)4-5-14-9-3-1-2-8(6-9)7-13/h1-3,6-7,10H,4-5H2. The van der Waals surface area contributed by atoms with Crippen LogP contribution in [0.5, 0.6) is 5.75 Å². The average Bonchev–Trinajstić information content (AvgIpc) is 2.18. The third-order valence-corrected chi connectivity index (χ3v) is 1.60. The quantitative estimate of drug-likeness (QED) is 0.682. The maximum atomic E-state index is 11.7. The first-order chi connectivity index (χ1) is 6.72. The fourth-order valence-corrected chi connectivity index (χ4v) is 0.944. The van der Waals surface area contributed by atoms with Crippen LogP contribution in [0.4, 0.5) is 8.78 Å². The van der Waals surface area contributed by atoms with Gasteiger partial charge in [0.1, 0.15) is 12.0 Å². The van der Waals surface area contributed by atoms with E-state index < -0.39 is 6.43 Å². The van der Waals surface area contributed by atoms with Gasteiger partial charge in [0.25, 0.3) is 0 Å². The normalized spacial score (nSPS) is 10.2. The molecule has 0 spiro atoms. The number of halogens is 2. The number of carbonyl (C=O) groups excluding carboxylic acids is 1. The molecule has 0 aromatic heterocycles. The molecule has 0 bridgehead atoms. The van der Waals surface area contributed by atoms with Crippen LogP contribution >= 0.6 is 0 Å². The van der Waals surface area contributed by atoms with Crippen LogP contribution in [-0.4, -0.2) is 19.3 Å². The van der Waals surface area contributed by atoms with Gasteiger partial charge in [-0.3, -0.25) is 4.79 Å². The van der Waals surface area contributed by atoms with Gasteiger partial charge in [-0.05, 0) is 12.1 Å². The highest BCUT2D eigenvalue weighted by Gasteiger charge is 2.02. The molecule has 0 unspecified atom stereocenters. The highest BCUT2D eigenvalue weighted by atomic mass is 19.3. The minimum absolute atomic E-state index is 0.0417. The molecule has 0 atom stereocenters. The lowest BCUT2D eigenvalue weighted by Gasteiger charge is -2.05. The number of aldehydes is 1. The van der Waals surface area contributed by atoms with Gasteiger partial charge in [-0.15, -0.1) is 0 Å². The second-order valence-corrected chi connectivity index (χ2v) is 2.72. The third-order valence-electron chi connectivity index (χ3n) is 1.60. The predicted octanol–water partition coefficient (Wildman–Crippen LogP) is 2.53. The molecule has 0 fully saturated rings. The first-order valence-electron chi connectivity index (χ1n) is 4.18. The summed E-state index contributed by atoms with van der Waals surface area (Å²) in [5.41, 5.74) is 0.472. The van der Waals surface area contributed by atoms with Crippen molar-refractivity contribution in [2.75, 3.05) is 6.61 Å². The molecule has 1 aromatic rings. The maximum absolute atomic E-state index is 11.7. The third kappa shape index (κ3) is 3.51. The van der Waals surface area contributed by atoms with Crippen molar-refractivity contribution in [3.8, 4) is 5.75 Å². The first kappa shape index (κ1) is 10.6. The van der Waals surface area contributed by atoms with Crippen LogP contribution in [0.15, 0.2) is 24.3 Å². The van der Waals surface area contributed by atoms with Crippen LogP contribution in [0, 0.1) is 0 Å². The Hall–Kier alpha value is -1.45. The molecule has 0 aliphatic carbocycles. The molecule has 0 saturated heterocycles. The number of ether oxygens (including phenoxy) is 1. The molecule has 76 valence electrons. The van der Waals surface area contributed by atoms with E-state index in [9.17, 15) is 13.6 Å². The van der Waals surface area contributed by atoms with Crippen molar-refractivity contribution in [2.24, 2.45) is 0 Å². The molecular weight excluding hydrogens is 190 g/mol. The molecule has 0 amide bonds. The second-order valence-electron chi connectivity index (χ2n) is 2.72. The molecule has 0 radical (unpaired) electrons. The summed E-state index contributed by atoms with van der Waals surface area (Å²) < 4.78 is 28.5. The van der Waals surface area contributed by atoms with Crippen LogP contribution < -0.4 is 4.74 Å². The van der Waals surface area contributed by atoms with E-state index in [1.165, 1.54) is 6.07 Å². The Labute approximate surface area is 80.5 Å². The number of carbonyl (C=O) groups is 1. The Bertz CT molecular complexity index is 300. The Balaban J connectivity index is 2.46. The van der Waals surface area contributed by atoms with E-state index in [2.05, 4.69) is 0 Å². The number of hydrogen-bond donors (Lipinski definition) is 0. The fraction of sp³-hybridized carbons (Fsp3) is 0.300. The Kier molecular flexibility index (Phi) is 4.04. The Morgan fingerprint density at radius 1 is 1.43 bits per heavy atom. The van der Waals surface area contributed by atoms with Gasteiger partial charge in [0.2, 0.25) is 6.43 Å². The largest absolute Gasteiger partial charge is 0.493 e. The molecule has 0 aliphatic heterocycles. The lowest BCUT2D eigenvalue weighted by Crippen LogP contribution is -2.02. The molecular formula is C10H10F2O2. The van der Waals surface area contributed by atoms with Crippen LogP contribution in [-0.2, 0) is 0 Å². The van der Waals surface area contributed by atoms with Gasteiger partial charge in [-0.2, -0.15) is 0 Å². The molecule has 0 N–H and O–H groups in total. The molecule has 1 rings (SSSR count). The maximum Gasteiger partial charge on any atom is 0.241 e. The molecule has 14 heavy (non-hydrogen) atoms. The summed E-state index contributed by atoms with van der Waals surface area (Å²) in [5, 5.41) is 0. The second kappa shape index (κ2) is 5.32. The van der Waals surface area contributed by atoms with Gasteiger partial charge in [-0.25, -0.2) is 8.78 Å². The smallest absolute Gasteiger partial charge is 0.241 e. The lowest BCUT2D eigenvalue weighted by molar-refractivity contribution is 0.111. The van der Waals surface area contributed by atoms with E-state index in [1.54, 1.807) is 18.2 Å². The van der Waals surface area contributed by atoms with E-state index in [0.717, 1.165) is 0 Å². The average molecular weight is 200 g/mol. The van der Waals surface area contributed by atoms with Crippen LogP contribution in [0.1, 0.15) is 16.8 Å². The van der Waals surface area contributed by atoms with E-state index in [0.29, 0.717) is 17.6 Å². The van der Waals surface area contributed by atoms with Gasteiger partial charge in [0.15, 0.2) is 0 Å². The molecule has 1 aromatic carbocycles. The molecule has 2 nitrogen and oxygen atoms in total. The topological polar surface area (TPSA) is 26.3 Å². The van der Waals surface area contributed by atoms with Gasteiger partial charge < -0.3 is 4.74 Å². The SMILES string of the molecule is O=Cc1cccc(OCCC(F)F)c1. The van der Waals surface area contributed by atoms with Crippen LogP contribution in [0.3, 0.4) is 0 Å². The van der Waals surface area contributed by atoms with Crippen molar-refractivity contribution < 1.29 is 18.3 Å². The highest BCUT2D eigenvalue weighted by molar-refractivity contribution is 5.75. The summed E-state index contributed by atoms with van der Waals surface area (Å²) in [4.78, 5) is 10.4. The molecule has 0 saturated carbocycles. The van der Waals surface area contributed by atoms with Gasteiger partial charge >= 0.3 is 0 Å². The summed E-state index contributed by atoms with van der Waals surface area (Å²) in [6.45, 7) is -0.0417. The number of rotatable bonds is 5. The summed E-state index contributed by atoms with van der Waals surface area (Å²) in [6.07, 6.45) is -1.98. The Morgan fingerprint density at radius 2 is 2.21 bits per heavy atom. The minimum atomic E-state index is -2.36. The number of benzene rings is 1. The van der Waals surface area contributed by atoms with Crippen molar-refractivity contribution in [1.82, 2.24) is 0 Å². The zero-order valence-electron chi connectivity index (χ0n) is 7.45. The Morgan fingerprint density at radius 3 is 2.86 bits per heavy atom. The molecule has 0 aliphatic rings. The van der Waals surface area contributed by atoms with Crippen molar-refractivity contribution in [3.63, 3.8) is 0 Å². The zero-order valence-corrected chi connectivity index (χ0v) is 7.45. The van der Waals surface area contributed by atoms with Crippen LogP contribution in [0.2, 0.25) is 0 Å². The molecule has 0 heterocycles. The summed E-state index contributed by atoms with van der Waals surface area (Å²) in [7, 11) is 0. The summed E-state index contributed by atoms with van der Waals surface area (Å²) >= 11 is 0. The monoisotopic (exact) mass is 200 g/mol. The minimum Gasteiger partial charge on any atom is -0.493 e. The summed E-state index contributed by atoms with van der Waals surface area (Å²) in [5.74, 6) is 0.440. The lowest BCUT2D eigenvalue weighted by atomic mass is 10.2. The van der Waals surface area contributed by atoms with Crippen molar-refractivity contribution in [1.29, 1.82) is 0 Å². The number of alkyl halides is 2. The highest BCUT2D eigenvalue weighted by Crippen LogP contribution is 2.12. The summed E-state index contributed by atoms with van der Waals surface area (Å²) in [6, 6.07) is 6.39. The van der Waals surface area contributed by atoms with Gasteiger partial charge in [-0.1, -0.05) is 12.1 Å². The van der Waals surface area contributed by atoms with Crippen LogP contribution in [0.25, 0.3) is 0 Å². The van der Waals surface area contributed by atoms with Crippen molar-refractivity contribution >= 4 is 6.29 Å². The number of hydrogen-bond acceptors (Lipinski definition) is 2. The van der Waals surface area contributed by atoms with E-state index >= 15 is 0 Å². The van der Waals surface area contributed by atoms with E-state index in [4.69, 9.17) is 4.74 Å². The first-order valence-corrected chi connectivity index (χ1v) is 4.18. The van der Waals surface area contributed by atoms with E-state index in [1.807, 2.05) is 0 Å². The predicted molar refractivity (Wildman–Crippen MR) is 47.9 cm³/mol. The van der Waals surface area contributed by atoms with Gasteiger partial charge in [0.05, 0.1) is 6.61 Å². The molecule has 4 heteroatoms. The van der Waals surface area contributed by atoms with Crippen molar-refractivity contribution in [3.05, 3.63) is 29.8 Å². The fourth-order valence-electron chi connectivity index (χ4n) is 0.944. The van der Waals surface area contributed by atoms with Gasteiger partial charge in [0, 0.05) is 12.0 Å². The zero-order chi connectivity index (χ0) is 10.4. The van der Waals surface area contributed by atoms with E-state index in [-0.39, 0.29) is 13.0 Å². The van der Waals surface area contributed by atoms with Crippen molar-refractivity contribution in [2.45, 2.75) is 12.8 Å².